The Labute approximate surface area is 164 Å². The number of hydrogen-bond donors (Lipinski definition) is 1. The van der Waals surface area contributed by atoms with Gasteiger partial charge in [-0.15, -0.1) is 0 Å². The van der Waals surface area contributed by atoms with Gasteiger partial charge in [-0.2, -0.15) is 0 Å². The predicted molar refractivity (Wildman–Crippen MR) is 110 cm³/mol. The molecule has 3 aromatic rings. The van der Waals surface area contributed by atoms with Crippen molar-refractivity contribution in [2.45, 2.75) is 0 Å². The summed E-state index contributed by atoms with van der Waals surface area (Å²) in [6, 6.07) is 21.9. The van der Waals surface area contributed by atoms with Crippen molar-refractivity contribution in [3.8, 4) is 23.0 Å². The van der Waals surface area contributed by atoms with Crippen molar-refractivity contribution in [2.75, 3.05) is 19.5 Å². The molecule has 5 nitrogen and oxygen atoms in total. The van der Waals surface area contributed by atoms with Crippen molar-refractivity contribution in [1.82, 2.24) is 0 Å². The molecular weight excluding hydrogens is 354 g/mol. The van der Waals surface area contributed by atoms with Crippen molar-refractivity contribution in [3.63, 3.8) is 0 Å². The standard InChI is InChI=1S/C23H21NO4/c1-26-19-10-12-21(13-11-19)28-20-8-6-18(7-9-20)24-15-14-23(25)17-4-3-5-22(16-17)27-2/h3-16,24H,1-2H3. The number of carbonyl (C=O) groups is 1. The van der Waals surface area contributed by atoms with Crippen molar-refractivity contribution >= 4 is 11.5 Å². The van der Waals surface area contributed by atoms with Crippen molar-refractivity contribution < 1.29 is 19.0 Å². The summed E-state index contributed by atoms with van der Waals surface area (Å²) < 4.78 is 16.1. The Hall–Kier alpha value is -3.73. The second-order valence-corrected chi connectivity index (χ2v) is 5.88. The smallest absolute Gasteiger partial charge is 0.187 e. The third-order valence-corrected chi connectivity index (χ3v) is 3.99. The summed E-state index contributed by atoms with van der Waals surface area (Å²) in [5, 5.41) is 3.08. The fraction of sp³-hybridized carbons (Fsp3) is 0.0870. The highest BCUT2D eigenvalue weighted by atomic mass is 16.5. The first-order valence-corrected chi connectivity index (χ1v) is 8.71. The maximum atomic E-state index is 12.2. The van der Waals surface area contributed by atoms with E-state index < -0.39 is 0 Å². The normalized spacial score (nSPS) is 10.5. The first kappa shape index (κ1) is 19.0. The van der Waals surface area contributed by atoms with E-state index in [9.17, 15) is 4.79 Å². The number of rotatable bonds is 8. The number of ether oxygens (including phenoxy) is 3. The van der Waals surface area contributed by atoms with Gasteiger partial charge in [0.25, 0.3) is 0 Å². The van der Waals surface area contributed by atoms with Gasteiger partial charge in [0.1, 0.15) is 23.0 Å². The van der Waals surface area contributed by atoms with Crippen LogP contribution in [0.3, 0.4) is 0 Å². The molecule has 0 heterocycles. The van der Waals surface area contributed by atoms with Crippen LogP contribution in [-0.4, -0.2) is 20.0 Å². The van der Waals surface area contributed by atoms with Gasteiger partial charge in [0.15, 0.2) is 5.78 Å². The predicted octanol–water partition coefficient (Wildman–Crippen LogP) is 5.30. The Kier molecular flexibility index (Phi) is 6.31. The molecule has 0 saturated heterocycles. The summed E-state index contributed by atoms with van der Waals surface area (Å²) >= 11 is 0. The van der Waals surface area contributed by atoms with Gasteiger partial charge in [-0.3, -0.25) is 4.79 Å². The fourth-order valence-electron chi connectivity index (χ4n) is 2.49. The van der Waals surface area contributed by atoms with Crippen LogP contribution in [0.5, 0.6) is 23.0 Å². The van der Waals surface area contributed by atoms with E-state index in [0.717, 1.165) is 17.2 Å². The number of methoxy groups -OCH3 is 2. The Bertz CT molecular complexity index is 947. The van der Waals surface area contributed by atoms with Gasteiger partial charge in [-0.05, 0) is 60.7 Å². The van der Waals surface area contributed by atoms with Gasteiger partial charge in [0.05, 0.1) is 14.2 Å². The minimum Gasteiger partial charge on any atom is -0.497 e. The Morgan fingerprint density at radius 1 is 0.786 bits per heavy atom. The molecule has 142 valence electrons. The highest BCUT2D eigenvalue weighted by Gasteiger charge is 2.03. The Morgan fingerprint density at radius 2 is 1.39 bits per heavy atom. The minimum absolute atomic E-state index is 0.106. The van der Waals surface area contributed by atoms with Crippen molar-refractivity contribution in [2.24, 2.45) is 0 Å². The quantitative estimate of drug-likeness (QED) is 0.427. The van der Waals surface area contributed by atoms with Gasteiger partial charge in [0.2, 0.25) is 0 Å². The molecule has 28 heavy (non-hydrogen) atoms. The van der Waals surface area contributed by atoms with Gasteiger partial charge < -0.3 is 19.5 Å². The zero-order valence-corrected chi connectivity index (χ0v) is 15.7. The average Bonchev–Trinajstić information content (AvgIpc) is 2.75. The molecule has 0 aliphatic rings. The molecule has 0 aliphatic heterocycles. The van der Waals surface area contributed by atoms with Crippen LogP contribution < -0.4 is 19.5 Å². The SMILES string of the molecule is COc1ccc(Oc2ccc(NC=CC(=O)c3cccc(OC)c3)cc2)cc1. The first-order valence-electron chi connectivity index (χ1n) is 8.71. The topological polar surface area (TPSA) is 56.8 Å². The summed E-state index contributed by atoms with van der Waals surface area (Å²) in [7, 11) is 3.20. The Morgan fingerprint density at radius 3 is 2.04 bits per heavy atom. The number of hydrogen-bond acceptors (Lipinski definition) is 5. The zero-order valence-electron chi connectivity index (χ0n) is 15.7. The van der Waals surface area contributed by atoms with Gasteiger partial charge >= 0.3 is 0 Å². The highest BCUT2D eigenvalue weighted by Crippen LogP contribution is 2.25. The zero-order chi connectivity index (χ0) is 19.8. The van der Waals surface area contributed by atoms with Crippen LogP contribution in [0.1, 0.15) is 10.4 Å². The molecule has 3 aromatic carbocycles. The number of nitrogens with one attached hydrogen (secondary N) is 1. The molecule has 0 bridgehead atoms. The van der Waals surface area contributed by atoms with E-state index in [0.29, 0.717) is 17.1 Å². The molecule has 5 heteroatoms. The lowest BCUT2D eigenvalue weighted by atomic mass is 10.1. The number of allylic oxidation sites excluding steroid dienone is 1. The van der Waals surface area contributed by atoms with Crippen LogP contribution in [0.25, 0.3) is 0 Å². The van der Waals surface area contributed by atoms with Crippen LogP contribution >= 0.6 is 0 Å². The molecule has 0 spiro atoms. The molecule has 0 saturated carbocycles. The molecule has 3 rings (SSSR count). The molecular formula is C23H21NO4. The largest absolute Gasteiger partial charge is 0.497 e. The van der Waals surface area contributed by atoms with Crippen molar-refractivity contribution in [3.05, 3.63) is 90.6 Å². The number of carbonyl (C=O) groups excluding carboxylic acids is 1. The third-order valence-electron chi connectivity index (χ3n) is 3.99. The average molecular weight is 375 g/mol. The maximum Gasteiger partial charge on any atom is 0.187 e. The van der Waals surface area contributed by atoms with E-state index in [1.54, 1.807) is 44.7 Å². The highest BCUT2D eigenvalue weighted by molar-refractivity contribution is 6.04. The first-order chi connectivity index (χ1) is 13.7. The fourth-order valence-corrected chi connectivity index (χ4v) is 2.49. The lowest BCUT2D eigenvalue weighted by Gasteiger charge is -2.07. The molecule has 0 aliphatic carbocycles. The van der Waals surface area contributed by atoms with Crippen LogP contribution in [0.4, 0.5) is 5.69 Å². The summed E-state index contributed by atoms with van der Waals surface area (Å²) in [5.41, 5.74) is 1.41. The van der Waals surface area contributed by atoms with E-state index in [4.69, 9.17) is 14.2 Å². The lowest BCUT2D eigenvalue weighted by Crippen LogP contribution is -1.97. The molecule has 0 unspecified atom stereocenters. The summed E-state index contributed by atoms with van der Waals surface area (Å²) in [4.78, 5) is 12.2. The van der Waals surface area contributed by atoms with Crippen LogP contribution in [0, 0.1) is 0 Å². The van der Waals surface area contributed by atoms with Gasteiger partial charge in [-0.1, -0.05) is 12.1 Å². The molecule has 0 radical (unpaired) electrons. The molecule has 0 fully saturated rings. The van der Waals surface area contributed by atoms with E-state index in [1.807, 2.05) is 48.5 Å². The number of ketones is 1. The van der Waals surface area contributed by atoms with Crippen LogP contribution in [-0.2, 0) is 0 Å². The van der Waals surface area contributed by atoms with Gasteiger partial charge in [-0.25, -0.2) is 0 Å². The molecule has 0 atom stereocenters. The number of anilines is 1. The van der Waals surface area contributed by atoms with Gasteiger partial charge in [0, 0.05) is 23.5 Å². The van der Waals surface area contributed by atoms with E-state index in [-0.39, 0.29) is 5.78 Å². The van der Waals surface area contributed by atoms with E-state index in [2.05, 4.69) is 5.32 Å². The second kappa shape index (κ2) is 9.28. The molecule has 1 N–H and O–H groups in total. The maximum absolute atomic E-state index is 12.2. The minimum atomic E-state index is -0.106. The molecule has 0 aromatic heterocycles. The second-order valence-electron chi connectivity index (χ2n) is 5.88. The molecule has 0 amide bonds. The summed E-state index contributed by atoms with van der Waals surface area (Å²) in [5.74, 6) is 2.77. The van der Waals surface area contributed by atoms with E-state index >= 15 is 0 Å². The summed E-state index contributed by atoms with van der Waals surface area (Å²) in [6.07, 6.45) is 3.09. The Balaban J connectivity index is 1.56. The van der Waals surface area contributed by atoms with Crippen LogP contribution in [0.2, 0.25) is 0 Å². The monoisotopic (exact) mass is 375 g/mol. The number of benzene rings is 3. The van der Waals surface area contributed by atoms with Crippen LogP contribution in [0.15, 0.2) is 85.1 Å². The van der Waals surface area contributed by atoms with Crippen molar-refractivity contribution in [1.29, 1.82) is 0 Å². The van der Waals surface area contributed by atoms with E-state index in [1.165, 1.54) is 6.08 Å². The lowest BCUT2D eigenvalue weighted by molar-refractivity contribution is 0.104. The third kappa shape index (κ3) is 5.14. The summed E-state index contributed by atoms with van der Waals surface area (Å²) in [6.45, 7) is 0.